The van der Waals surface area contributed by atoms with Gasteiger partial charge in [0.25, 0.3) is 0 Å². The topological polar surface area (TPSA) is 12.0 Å². The van der Waals surface area contributed by atoms with Crippen molar-refractivity contribution in [2.24, 2.45) is 0 Å². The summed E-state index contributed by atoms with van der Waals surface area (Å²) in [6.45, 7) is 2.13. The summed E-state index contributed by atoms with van der Waals surface area (Å²) in [6, 6.07) is 0. The molecule has 1 unspecified atom stereocenters. The van der Waals surface area contributed by atoms with Crippen LogP contribution in [0.2, 0.25) is 0 Å². The Balaban J connectivity index is 2.32. The SMILES string of the molecule is CC1NC=CS1. The lowest BCUT2D eigenvalue weighted by Crippen LogP contribution is -2.09. The van der Waals surface area contributed by atoms with Gasteiger partial charge in [0.05, 0.1) is 5.37 Å². The molecule has 0 aromatic carbocycles. The van der Waals surface area contributed by atoms with Gasteiger partial charge in [-0.1, -0.05) is 0 Å². The van der Waals surface area contributed by atoms with E-state index in [2.05, 4.69) is 17.6 Å². The summed E-state index contributed by atoms with van der Waals surface area (Å²) in [5, 5.41) is 5.76. The van der Waals surface area contributed by atoms with E-state index in [-0.39, 0.29) is 0 Å². The fraction of sp³-hybridized carbons (Fsp3) is 0.500. The van der Waals surface area contributed by atoms with Crippen LogP contribution >= 0.6 is 11.8 Å². The summed E-state index contributed by atoms with van der Waals surface area (Å²) < 4.78 is 0. The molecule has 0 bridgehead atoms. The van der Waals surface area contributed by atoms with Crippen LogP contribution < -0.4 is 5.32 Å². The first-order chi connectivity index (χ1) is 2.89. The number of thioether (sulfide) groups is 1. The molecule has 0 saturated heterocycles. The molecule has 6 heavy (non-hydrogen) atoms. The summed E-state index contributed by atoms with van der Waals surface area (Å²) in [5.41, 5.74) is 0. The number of hydrogen-bond donors (Lipinski definition) is 1. The Morgan fingerprint density at radius 3 is 2.83 bits per heavy atom. The van der Waals surface area contributed by atoms with Gasteiger partial charge in [-0.05, 0) is 12.3 Å². The second-order valence-corrected chi connectivity index (χ2v) is 2.50. The summed E-state index contributed by atoms with van der Waals surface area (Å²) in [7, 11) is 0. The van der Waals surface area contributed by atoms with Gasteiger partial charge in [0, 0.05) is 6.20 Å². The van der Waals surface area contributed by atoms with Gasteiger partial charge >= 0.3 is 0 Å². The van der Waals surface area contributed by atoms with Crippen molar-refractivity contribution in [1.82, 2.24) is 5.32 Å². The maximum Gasteiger partial charge on any atom is 0.0730 e. The van der Waals surface area contributed by atoms with E-state index in [4.69, 9.17) is 0 Å². The lowest BCUT2D eigenvalue weighted by molar-refractivity contribution is 0.874. The van der Waals surface area contributed by atoms with Gasteiger partial charge in [-0.25, -0.2) is 0 Å². The Morgan fingerprint density at radius 2 is 2.67 bits per heavy atom. The van der Waals surface area contributed by atoms with E-state index in [1.165, 1.54) is 0 Å². The molecule has 1 aliphatic heterocycles. The second-order valence-electron chi connectivity index (χ2n) is 1.25. The Labute approximate surface area is 41.8 Å². The predicted octanol–water partition coefficient (Wildman–Crippen LogP) is 1.14. The van der Waals surface area contributed by atoms with E-state index < -0.39 is 0 Å². The van der Waals surface area contributed by atoms with Crippen LogP contribution in [0.25, 0.3) is 0 Å². The number of rotatable bonds is 0. The minimum Gasteiger partial charge on any atom is -0.379 e. The molecule has 1 aliphatic rings. The van der Waals surface area contributed by atoms with E-state index >= 15 is 0 Å². The third-order valence-corrected chi connectivity index (χ3v) is 1.52. The predicted molar refractivity (Wildman–Crippen MR) is 29.3 cm³/mol. The second kappa shape index (κ2) is 1.56. The van der Waals surface area contributed by atoms with Gasteiger partial charge in [-0.15, -0.1) is 11.8 Å². The molecule has 0 aromatic rings. The lowest BCUT2D eigenvalue weighted by Gasteiger charge is -1.96. The Kier molecular flexibility index (Phi) is 1.05. The molecule has 1 rings (SSSR count). The van der Waals surface area contributed by atoms with Crippen molar-refractivity contribution in [2.75, 3.05) is 0 Å². The van der Waals surface area contributed by atoms with Crippen molar-refractivity contribution >= 4 is 11.8 Å². The highest BCUT2D eigenvalue weighted by Gasteiger charge is 1.98. The van der Waals surface area contributed by atoms with E-state index in [0.717, 1.165) is 0 Å². The normalized spacial score (nSPS) is 30.5. The fourth-order valence-electron chi connectivity index (χ4n) is 0.371. The van der Waals surface area contributed by atoms with Crippen molar-refractivity contribution in [3.8, 4) is 0 Å². The first-order valence-corrected chi connectivity index (χ1v) is 2.90. The molecule has 0 aliphatic carbocycles. The number of nitrogens with one attached hydrogen (secondary N) is 1. The van der Waals surface area contributed by atoms with Crippen LogP contribution in [-0.2, 0) is 0 Å². The maximum atomic E-state index is 3.10. The molecule has 0 fully saturated rings. The minimum absolute atomic E-state index is 0.602. The summed E-state index contributed by atoms with van der Waals surface area (Å²) in [5.74, 6) is 0. The standard InChI is InChI=1S/C4H7NS/c1-4-5-2-3-6-4/h2-5H,1H3. The highest BCUT2D eigenvalue weighted by Crippen LogP contribution is 2.12. The lowest BCUT2D eigenvalue weighted by atomic mass is 10.7. The van der Waals surface area contributed by atoms with E-state index in [1.54, 1.807) is 11.8 Å². The molecule has 0 radical (unpaired) electrons. The van der Waals surface area contributed by atoms with Gasteiger partial charge in [0.1, 0.15) is 0 Å². The van der Waals surface area contributed by atoms with Crippen LogP contribution in [0.1, 0.15) is 6.92 Å². The highest BCUT2D eigenvalue weighted by molar-refractivity contribution is 8.02. The quantitative estimate of drug-likeness (QED) is 0.491. The molecule has 0 spiro atoms. The van der Waals surface area contributed by atoms with Crippen LogP contribution in [0.5, 0.6) is 0 Å². The van der Waals surface area contributed by atoms with Gasteiger partial charge in [0.15, 0.2) is 0 Å². The molecule has 34 valence electrons. The molecule has 1 nitrogen and oxygen atoms in total. The van der Waals surface area contributed by atoms with Crippen molar-refractivity contribution in [2.45, 2.75) is 12.3 Å². The van der Waals surface area contributed by atoms with Gasteiger partial charge in [0.2, 0.25) is 0 Å². The smallest absolute Gasteiger partial charge is 0.0730 e. The largest absolute Gasteiger partial charge is 0.379 e. The first-order valence-electron chi connectivity index (χ1n) is 1.96. The molecule has 1 N–H and O–H groups in total. The molecular weight excluding hydrogens is 94.1 g/mol. The molecule has 0 amide bonds. The van der Waals surface area contributed by atoms with Crippen LogP contribution in [0, 0.1) is 0 Å². The monoisotopic (exact) mass is 101 g/mol. The van der Waals surface area contributed by atoms with E-state index in [1.807, 2.05) is 6.20 Å². The zero-order valence-electron chi connectivity index (χ0n) is 3.64. The Bertz CT molecular complexity index is 61.9. The minimum atomic E-state index is 0.602. The summed E-state index contributed by atoms with van der Waals surface area (Å²) >= 11 is 1.81. The van der Waals surface area contributed by atoms with E-state index in [9.17, 15) is 0 Å². The zero-order chi connectivity index (χ0) is 4.41. The van der Waals surface area contributed by atoms with Gasteiger partial charge < -0.3 is 5.32 Å². The van der Waals surface area contributed by atoms with Crippen LogP contribution in [0.3, 0.4) is 0 Å². The summed E-state index contributed by atoms with van der Waals surface area (Å²) in [6.07, 6.45) is 1.97. The van der Waals surface area contributed by atoms with Crippen LogP contribution in [-0.4, -0.2) is 5.37 Å². The molecule has 1 heterocycles. The average Bonchev–Trinajstić information content (AvgIpc) is 1.86. The third kappa shape index (κ3) is 0.684. The van der Waals surface area contributed by atoms with Crippen LogP contribution in [0.15, 0.2) is 11.6 Å². The molecule has 1 atom stereocenters. The van der Waals surface area contributed by atoms with Crippen molar-refractivity contribution in [3.05, 3.63) is 11.6 Å². The number of hydrogen-bond acceptors (Lipinski definition) is 2. The van der Waals surface area contributed by atoms with Gasteiger partial charge in [-0.2, -0.15) is 0 Å². The van der Waals surface area contributed by atoms with E-state index in [0.29, 0.717) is 5.37 Å². The zero-order valence-corrected chi connectivity index (χ0v) is 4.46. The summed E-state index contributed by atoms with van der Waals surface area (Å²) in [4.78, 5) is 0. The van der Waals surface area contributed by atoms with Gasteiger partial charge in [-0.3, -0.25) is 0 Å². The molecule has 2 heteroatoms. The fourth-order valence-corrected chi connectivity index (χ4v) is 0.921. The van der Waals surface area contributed by atoms with Crippen molar-refractivity contribution in [1.29, 1.82) is 0 Å². The molecule has 0 aromatic heterocycles. The Hall–Kier alpha value is -0.110. The highest BCUT2D eigenvalue weighted by atomic mass is 32.2. The first kappa shape index (κ1) is 4.06. The van der Waals surface area contributed by atoms with Crippen molar-refractivity contribution in [3.63, 3.8) is 0 Å². The molecule has 0 saturated carbocycles. The average molecular weight is 101 g/mol. The Morgan fingerprint density at radius 1 is 1.83 bits per heavy atom. The van der Waals surface area contributed by atoms with Crippen molar-refractivity contribution < 1.29 is 0 Å². The third-order valence-electron chi connectivity index (χ3n) is 0.682. The maximum absolute atomic E-state index is 3.10. The van der Waals surface area contributed by atoms with Crippen LogP contribution in [0.4, 0.5) is 0 Å². The molecular formula is C4H7NS.